The normalized spacial score (nSPS) is 12.8. The Morgan fingerprint density at radius 2 is 1.92 bits per heavy atom. The minimum atomic E-state index is -0.570. The van der Waals surface area contributed by atoms with Crippen molar-refractivity contribution in [2.24, 2.45) is 16.5 Å². The highest BCUT2D eigenvalue weighted by molar-refractivity contribution is 6.19. The summed E-state index contributed by atoms with van der Waals surface area (Å²) in [5, 5.41) is 0. The molecule has 1 amide bonds. The first kappa shape index (κ1) is 10.4. The number of hydrogen-bond acceptors (Lipinski definition) is 3. The molecule has 0 bridgehead atoms. The van der Waals surface area contributed by atoms with Crippen molar-refractivity contribution in [1.82, 2.24) is 0 Å². The van der Waals surface area contributed by atoms with E-state index in [0.717, 1.165) is 0 Å². The zero-order chi connectivity index (χ0) is 9.72. The molecule has 4 N–H and O–H groups in total. The number of nitrogens with zero attached hydrogens (tertiary/aromatic N) is 1. The Labute approximate surface area is 71.7 Å². The maximum Gasteiger partial charge on any atom is 0.249 e. The first-order valence-electron chi connectivity index (χ1n) is 3.41. The molecule has 0 aromatic rings. The van der Waals surface area contributed by atoms with Crippen molar-refractivity contribution in [3.8, 4) is 0 Å². The fourth-order valence-corrected chi connectivity index (χ4v) is 0.455. The summed E-state index contributed by atoms with van der Waals surface area (Å²) in [4.78, 5) is 14.4. The van der Waals surface area contributed by atoms with Crippen LogP contribution in [0.15, 0.2) is 29.0 Å². The Kier molecular flexibility index (Phi) is 3.76. The molecule has 0 aliphatic rings. The van der Waals surface area contributed by atoms with Gasteiger partial charge in [-0.05, 0) is 13.8 Å². The van der Waals surface area contributed by atoms with E-state index in [9.17, 15) is 4.79 Å². The lowest BCUT2D eigenvalue weighted by Gasteiger charge is -1.97. The first-order chi connectivity index (χ1) is 5.45. The Morgan fingerprint density at radius 1 is 1.42 bits per heavy atom. The average molecular weight is 167 g/mol. The van der Waals surface area contributed by atoms with Crippen LogP contribution in [0.5, 0.6) is 0 Å². The molecule has 4 heteroatoms. The summed E-state index contributed by atoms with van der Waals surface area (Å²) in [5.41, 5.74) is 11.5. The highest BCUT2D eigenvalue weighted by Crippen LogP contribution is 1.94. The molecule has 0 aromatic heterocycles. The molecule has 0 saturated heterocycles. The van der Waals surface area contributed by atoms with Crippen LogP contribution < -0.4 is 11.5 Å². The standard InChI is InChI=1S/C8H13N3O/c1-5(9)4-11-7(3)6(2)8(10)12/h4H,2,9H2,1,3H3,(H2,10,12)/b5-4-,11-7-. The minimum Gasteiger partial charge on any atom is -0.401 e. The Morgan fingerprint density at radius 3 is 2.25 bits per heavy atom. The van der Waals surface area contributed by atoms with Gasteiger partial charge < -0.3 is 11.5 Å². The fourth-order valence-electron chi connectivity index (χ4n) is 0.455. The maximum absolute atomic E-state index is 10.6. The van der Waals surface area contributed by atoms with Crippen LogP contribution >= 0.6 is 0 Å². The van der Waals surface area contributed by atoms with E-state index in [1.165, 1.54) is 6.20 Å². The monoisotopic (exact) mass is 167 g/mol. The van der Waals surface area contributed by atoms with Gasteiger partial charge in [0.05, 0.1) is 5.57 Å². The number of rotatable bonds is 3. The smallest absolute Gasteiger partial charge is 0.249 e. The van der Waals surface area contributed by atoms with E-state index in [-0.39, 0.29) is 5.57 Å². The van der Waals surface area contributed by atoms with Gasteiger partial charge in [-0.2, -0.15) is 0 Å². The average Bonchev–Trinajstić information content (AvgIpc) is 1.98. The lowest BCUT2D eigenvalue weighted by atomic mass is 10.2. The van der Waals surface area contributed by atoms with Crippen molar-refractivity contribution in [3.63, 3.8) is 0 Å². The Hall–Kier alpha value is -1.58. The summed E-state index contributed by atoms with van der Waals surface area (Å²) >= 11 is 0. The molecule has 0 fully saturated rings. The van der Waals surface area contributed by atoms with Crippen LogP contribution in [0.2, 0.25) is 0 Å². The highest BCUT2D eigenvalue weighted by atomic mass is 16.1. The molecule has 0 aliphatic heterocycles. The molecule has 4 nitrogen and oxygen atoms in total. The number of primary amides is 1. The van der Waals surface area contributed by atoms with Crippen molar-refractivity contribution in [2.45, 2.75) is 13.8 Å². The Balaban J connectivity index is 4.49. The van der Waals surface area contributed by atoms with Crippen molar-refractivity contribution in [1.29, 1.82) is 0 Å². The van der Waals surface area contributed by atoms with Gasteiger partial charge in [0.25, 0.3) is 0 Å². The topological polar surface area (TPSA) is 81.5 Å². The second-order valence-corrected chi connectivity index (χ2v) is 2.43. The number of allylic oxidation sites excluding steroid dienone is 1. The number of carbonyl (C=O) groups excluding carboxylic acids is 1. The van der Waals surface area contributed by atoms with Crippen molar-refractivity contribution in [3.05, 3.63) is 24.0 Å². The molecule has 0 unspecified atom stereocenters. The van der Waals surface area contributed by atoms with Gasteiger partial charge in [0.15, 0.2) is 0 Å². The van der Waals surface area contributed by atoms with Gasteiger partial charge >= 0.3 is 0 Å². The first-order valence-corrected chi connectivity index (χ1v) is 3.41. The third-order valence-corrected chi connectivity index (χ3v) is 1.20. The van der Waals surface area contributed by atoms with E-state index in [1.807, 2.05) is 0 Å². The van der Waals surface area contributed by atoms with Crippen LogP contribution in [0.1, 0.15) is 13.8 Å². The second-order valence-electron chi connectivity index (χ2n) is 2.43. The summed E-state index contributed by atoms with van der Waals surface area (Å²) in [6, 6.07) is 0. The predicted octanol–water partition coefficient (Wildman–Crippen LogP) is 0.309. The molecule has 0 atom stereocenters. The Bertz CT molecular complexity index is 259. The van der Waals surface area contributed by atoms with Crippen LogP contribution in [-0.2, 0) is 4.79 Å². The summed E-state index contributed by atoms with van der Waals surface area (Å²) < 4.78 is 0. The van der Waals surface area contributed by atoms with Gasteiger partial charge in [-0.3, -0.25) is 9.79 Å². The van der Waals surface area contributed by atoms with E-state index >= 15 is 0 Å². The highest BCUT2D eigenvalue weighted by Gasteiger charge is 2.03. The molecule has 0 heterocycles. The van der Waals surface area contributed by atoms with Crippen molar-refractivity contribution < 1.29 is 4.79 Å². The van der Waals surface area contributed by atoms with Crippen LogP contribution in [0.25, 0.3) is 0 Å². The van der Waals surface area contributed by atoms with Gasteiger partial charge in [-0.1, -0.05) is 6.58 Å². The number of aliphatic imine (C=N–C) groups is 1. The van der Waals surface area contributed by atoms with Gasteiger partial charge in [-0.25, -0.2) is 0 Å². The number of nitrogens with two attached hydrogens (primary N) is 2. The lowest BCUT2D eigenvalue weighted by molar-refractivity contribution is -0.114. The number of amides is 1. The van der Waals surface area contributed by atoms with Crippen LogP contribution in [0.3, 0.4) is 0 Å². The van der Waals surface area contributed by atoms with E-state index in [1.54, 1.807) is 13.8 Å². The van der Waals surface area contributed by atoms with Gasteiger partial charge in [0.1, 0.15) is 0 Å². The SMILES string of the molecule is C=C(C(N)=O)/C(C)=N\C=C(\C)N. The minimum absolute atomic E-state index is 0.201. The van der Waals surface area contributed by atoms with Gasteiger partial charge in [0.2, 0.25) is 5.91 Å². The zero-order valence-electron chi connectivity index (χ0n) is 7.29. The molecule has 0 rings (SSSR count). The molecule has 0 radical (unpaired) electrons. The second kappa shape index (κ2) is 4.33. The van der Waals surface area contributed by atoms with E-state index in [0.29, 0.717) is 11.4 Å². The van der Waals surface area contributed by atoms with Crippen LogP contribution in [0.4, 0.5) is 0 Å². The summed E-state index contributed by atoms with van der Waals surface area (Å²) in [5.74, 6) is -0.570. The van der Waals surface area contributed by atoms with Crippen molar-refractivity contribution >= 4 is 11.6 Å². The molecular formula is C8H13N3O. The lowest BCUT2D eigenvalue weighted by Crippen LogP contribution is -2.17. The van der Waals surface area contributed by atoms with Crippen molar-refractivity contribution in [2.75, 3.05) is 0 Å². The quantitative estimate of drug-likeness (QED) is 0.468. The summed E-state index contributed by atoms with van der Waals surface area (Å²) in [7, 11) is 0. The molecule has 66 valence electrons. The number of carbonyl (C=O) groups is 1. The maximum atomic E-state index is 10.6. The fraction of sp³-hybridized carbons (Fsp3) is 0.250. The van der Waals surface area contributed by atoms with Crippen LogP contribution in [-0.4, -0.2) is 11.6 Å². The van der Waals surface area contributed by atoms with Gasteiger partial charge in [-0.15, -0.1) is 0 Å². The molecule has 12 heavy (non-hydrogen) atoms. The third-order valence-electron chi connectivity index (χ3n) is 1.20. The molecule has 0 aromatic carbocycles. The predicted molar refractivity (Wildman–Crippen MR) is 49.4 cm³/mol. The van der Waals surface area contributed by atoms with E-state index in [2.05, 4.69) is 11.6 Å². The van der Waals surface area contributed by atoms with Gasteiger partial charge in [0, 0.05) is 17.6 Å². The largest absolute Gasteiger partial charge is 0.401 e. The number of hydrogen-bond donors (Lipinski definition) is 2. The summed E-state index contributed by atoms with van der Waals surface area (Å²) in [6.07, 6.45) is 1.45. The molecule has 0 aliphatic carbocycles. The summed E-state index contributed by atoms with van der Waals surface area (Å²) in [6.45, 7) is 6.80. The zero-order valence-corrected chi connectivity index (χ0v) is 7.29. The van der Waals surface area contributed by atoms with Crippen LogP contribution in [0, 0.1) is 0 Å². The molecule has 0 saturated carbocycles. The molecular weight excluding hydrogens is 154 g/mol. The van der Waals surface area contributed by atoms with E-state index in [4.69, 9.17) is 11.5 Å². The molecule has 0 spiro atoms. The third kappa shape index (κ3) is 3.55. The van der Waals surface area contributed by atoms with E-state index < -0.39 is 5.91 Å².